The van der Waals surface area contributed by atoms with Gasteiger partial charge in [0, 0.05) is 55.8 Å². The molecule has 2 aromatic heterocycles. The van der Waals surface area contributed by atoms with E-state index in [1.807, 2.05) is 24.6 Å². The summed E-state index contributed by atoms with van der Waals surface area (Å²) in [6.45, 7) is 3.81. The third-order valence-corrected chi connectivity index (χ3v) is 4.39. The molecule has 0 amide bonds. The number of ether oxygens (including phenoxy) is 1. The summed E-state index contributed by atoms with van der Waals surface area (Å²) in [6, 6.07) is 3.90. The Morgan fingerprint density at radius 1 is 1.17 bits per heavy atom. The third-order valence-electron chi connectivity index (χ3n) is 4.39. The molecule has 0 aliphatic carbocycles. The first-order valence-electron chi connectivity index (χ1n) is 8.15. The van der Waals surface area contributed by atoms with Gasteiger partial charge in [0.15, 0.2) is 5.82 Å². The number of rotatable bonds is 3. The molecule has 0 saturated heterocycles. The normalized spacial score (nSPS) is 18.0. The zero-order chi connectivity index (χ0) is 15.5. The van der Waals surface area contributed by atoms with Gasteiger partial charge in [-0.15, -0.1) is 0 Å². The third kappa shape index (κ3) is 3.24. The van der Waals surface area contributed by atoms with Crippen LogP contribution in [0.5, 0.6) is 0 Å². The maximum Gasteiger partial charge on any atom is 0.159 e. The zero-order valence-corrected chi connectivity index (χ0v) is 13.1. The van der Waals surface area contributed by atoms with Crippen LogP contribution in [0.3, 0.4) is 0 Å². The van der Waals surface area contributed by atoms with E-state index in [0.717, 1.165) is 56.9 Å². The van der Waals surface area contributed by atoms with Crippen LogP contribution >= 0.6 is 0 Å². The summed E-state index contributed by atoms with van der Waals surface area (Å²) in [7, 11) is 0. The van der Waals surface area contributed by atoms with Crippen LogP contribution < -0.4 is 0 Å². The van der Waals surface area contributed by atoms with E-state index in [-0.39, 0.29) is 0 Å². The lowest BCUT2D eigenvalue weighted by atomic mass is 10.0. The lowest BCUT2D eigenvalue weighted by molar-refractivity contribution is 0.208. The number of pyridine rings is 1. The van der Waals surface area contributed by atoms with Crippen molar-refractivity contribution in [2.75, 3.05) is 19.7 Å². The standard InChI is InChI=1S/C18H20N4O/c1-2-14(13-23-9-1)11-22-8-5-17-16(12-22)10-20-18(21-17)15-3-6-19-7-4-15/h3-4,6-7,10,13H,1-2,5,8-9,11-12H2. The minimum absolute atomic E-state index is 0.794. The number of hydrogen-bond donors (Lipinski definition) is 0. The van der Waals surface area contributed by atoms with E-state index in [1.165, 1.54) is 16.8 Å². The molecule has 0 N–H and O–H groups in total. The average molecular weight is 308 g/mol. The highest BCUT2D eigenvalue weighted by Gasteiger charge is 2.20. The lowest BCUT2D eigenvalue weighted by Crippen LogP contribution is -2.33. The molecule has 5 nitrogen and oxygen atoms in total. The molecule has 23 heavy (non-hydrogen) atoms. The van der Waals surface area contributed by atoms with Gasteiger partial charge in [0.05, 0.1) is 18.6 Å². The van der Waals surface area contributed by atoms with E-state index in [1.54, 1.807) is 12.4 Å². The summed E-state index contributed by atoms with van der Waals surface area (Å²) in [5.74, 6) is 0.794. The molecule has 0 fully saturated rings. The molecular weight excluding hydrogens is 288 g/mol. The van der Waals surface area contributed by atoms with E-state index in [4.69, 9.17) is 9.72 Å². The molecular formula is C18H20N4O. The van der Waals surface area contributed by atoms with Crippen LogP contribution in [0.2, 0.25) is 0 Å². The Morgan fingerprint density at radius 2 is 2.09 bits per heavy atom. The van der Waals surface area contributed by atoms with E-state index in [2.05, 4.69) is 14.9 Å². The molecule has 0 atom stereocenters. The highest BCUT2D eigenvalue weighted by molar-refractivity contribution is 5.54. The van der Waals surface area contributed by atoms with Crippen molar-refractivity contribution >= 4 is 0 Å². The van der Waals surface area contributed by atoms with Crippen molar-refractivity contribution in [3.05, 3.63) is 53.8 Å². The second-order valence-electron chi connectivity index (χ2n) is 6.11. The second-order valence-corrected chi connectivity index (χ2v) is 6.11. The Morgan fingerprint density at radius 3 is 2.91 bits per heavy atom. The van der Waals surface area contributed by atoms with Gasteiger partial charge in [0.25, 0.3) is 0 Å². The first kappa shape index (κ1) is 14.3. The molecule has 2 aromatic rings. The maximum atomic E-state index is 5.44. The molecule has 4 heterocycles. The molecule has 118 valence electrons. The lowest BCUT2D eigenvalue weighted by Gasteiger charge is -2.29. The highest BCUT2D eigenvalue weighted by atomic mass is 16.5. The van der Waals surface area contributed by atoms with Gasteiger partial charge in [-0.05, 0) is 30.5 Å². The number of aromatic nitrogens is 3. The summed E-state index contributed by atoms with van der Waals surface area (Å²) in [6.07, 6.45) is 10.7. The Bertz CT molecular complexity index is 714. The predicted octanol–water partition coefficient (Wildman–Crippen LogP) is 2.59. The van der Waals surface area contributed by atoms with Gasteiger partial charge >= 0.3 is 0 Å². The highest BCUT2D eigenvalue weighted by Crippen LogP contribution is 2.22. The molecule has 0 aromatic carbocycles. The van der Waals surface area contributed by atoms with Crippen LogP contribution in [0.25, 0.3) is 11.4 Å². The van der Waals surface area contributed by atoms with Crippen LogP contribution in [0.15, 0.2) is 42.6 Å². The minimum Gasteiger partial charge on any atom is -0.501 e. The fourth-order valence-electron chi connectivity index (χ4n) is 3.17. The topological polar surface area (TPSA) is 51.1 Å². The summed E-state index contributed by atoms with van der Waals surface area (Å²) >= 11 is 0. The Kier molecular flexibility index (Phi) is 4.03. The van der Waals surface area contributed by atoms with Gasteiger partial charge in [-0.25, -0.2) is 9.97 Å². The van der Waals surface area contributed by atoms with Gasteiger partial charge in [0.1, 0.15) is 0 Å². The average Bonchev–Trinajstić information content (AvgIpc) is 2.63. The van der Waals surface area contributed by atoms with Crippen molar-refractivity contribution in [2.45, 2.75) is 25.8 Å². The summed E-state index contributed by atoms with van der Waals surface area (Å²) in [5, 5.41) is 0. The quantitative estimate of drug-likeness (QED) is 0.872. The molecule has 2 aliphatic heterocycles. The molecule has 5 heteroatoms. The van der Waals surface area contributed by atoms with Crippen LogP contribution in [-0.2, 0) is 17.7 Å². The zero-order valence-electron chi connectivity index (χ0n) is 13.1. The first-order valence-corrected chi connectivity index (χ1v) is 8.15. The summed E-state index contributed by atoms with van der Waals surface area (Å²) in [5.41, 5.74) is 4.84. The van der Waals surface area contributed by atoms with Gasteiger partial charge in [-0.2, -0.15) is 0 Å². The first-order chi connectivity index (χ1) is 11.4. The summed E-state index contributed by atoms with van der Waals surface area (Å²) < 4.78 is 5.44. The van der Waals surface area contributed by atoms with E-state index in [9.17, 15) is 0 Å². The fraction of sp³-hybridized carbons (Fsp3) is 0.389. The molecule has 0 radical (unpaired) electrons. The molecule has 0 saturated carbocycles. The van der Waals surface area contributed by atoms with E-state index < -0.39 is 0 Å². The van der Waals surface area contributed by atoms with Gasteiger partial charge in [0.2, 0.25) is 0 Å². The van der Waals surface area contributed by atoms with Crippen LogP contribution in [0, 0.1) is 0 Å². The van der Waals surface area contributed by atoms with Crippen molar-refractivity contribution in [1.29, 1.82) is 0 Å². The molecule has 2 aliphatic rings. The largest absolute Gasteiger partial charge is 0.501 e. The van der Waals surface area contributed by atoms with Crippen molar-refractivity contribution in [1.82, 2.24) is 19.9 Å². The molecule has 4 rings (SSSR count). The van der Waals surface area contributed by atoms with Crippen molar-refractivity contribution in [2.24, 2.45) is 0 Å². The van der Waals surface area contributed by atoms with Crippen LogP contribution in [-0.4, -0.2) is 39.5 Å². The van der Waals surface area contributed by atoms with Gasteiger partial charge in [-0.3, -0.25) is 9.88 Å². The van der Waals surface area contributed by atoms with Crippen LogP contribution in [0.4, 0.5) is 0 Å². The second kappa shape index (κ2) is 6.46. The van der Waals surface area contributed by atoms with Gasteiger partial charge in [-0.1, -0.05) is 0 Å². The monoisotopic (exact) mass is 308 g/mol. The molecule has 0 bridgehead atoms. The maximum absolute atomic E-state index is 5.44. The van der Waals surface area contributed by atoms with Gasteiger partial charge < -0.3 is 4.74 Å². The van der Waals surface area contributed by atoms with Crippen molar-refractivity contribution in [3.63, 3.8) is 0 Å². The molecule has 0 spiro atoms. The SMILES string of the molecule is C1=C(CN2CCc3nc(-c4ccncc4)ncc3C2)CCCO1. The Hall–Kier alpha value is -2.27. The van der Waals surface area contributed by atoms with Crippen molar-refractivity contribution < 1.29 is 4.74 Å². The Balaban J connectivity index is 1.49. The predicted molar refractivity (Wildman–Crippen MR) is 87.5 cm³/mol. The Labute approximate surface area is 136 Å². The smallest absolute Gasteiger partial charge is 0.159 e. The van der Waals surface area contributed by atoms with Crippen molar-refractivity contribution in [3.8, 4) is 11.4 Å². The number of nitrogens with zero attached hydrogens (tertiary/aromatic N) is 4. The van der Waals surface area contributed by atoms with E-state index >= 15 is 0 Å². The fourth-order valence-corrected chi connectivity index (χ4v) is 3.17. The summed E-state index contributed by atoms with van der Waals surface area (Å²) in [4.78, 5) is 15.8. The number of hydrogen-bond acceptors (Lipinski definition) is 5. The number of fused-ring (bicyclic) bond motifs is 1. The van der Waals surface area contributed by atoms with Crippen LogP contribution in [0.1, 0.15) is 24.1 Å². The molecule has 0 unspecified atom stereocenters. The minimum atomic E-state index is 0.794. The van der Waals surface area contributed by atoms with E-state index in [0.29, 0.717) is 0 Å².